The molecule has 0 fully saturated rings. The molecule has 0 saturated heterocycles. The average molecular weight is 83.1 g/mol. The summed E-state index contributed by atoms with van der Waals surface area (Å²) in [6.45, 7) is 0.111. The summed E-state index contributed by atoms with van der Waals surface area (Å²) < 4.78 is 0. The van der Waals surface area contributed by atoms with Crippen LogP contribution in [0, 0.1) is 0 Å². The molecule has 26 valence electrons. The van der Waals surface area contributed by atoms with Gasteiger partial charge in [-0.1, -0.05) is 0 Å². The molecule has 0 rings (SSSR count). The van der Waals surface area contributed by atoms with E-state index in [1.807, 2.05) is 0 Å². The van der Waals surface area contributed by atoms with Crippen molar-refractivity contribution in [1.29, 1.82) is 0 Å². The van der Waals surface area contributed by atoms with Crippen molar-refractivity contribution in [3.05, 3.63) is 5.73 Å². The Balaban J connectivity index is 0. The number of hydrogen-bond acceptors (Lipinski definition) is 1. The molecule has 0 atom stereocenters. The normalized spacial score (nSPS) is 6.00. The summed E-state index contributed by atoms with van der Waals surface area (Å²) in [6, 6.07) is 0. The Hall–Kier alpha value is 0.920. The number of aliphatic hydroxyl groups excluding tert-OH is 1. The van der Waals surface area contributed by atoms with E-state index in [1.54, 1.807) is 0 Å². The number of aliphatic hydroxyl groups is 1. The Kier molecular flexibility index (Phi) is 16.5. The predicted octanol–water partition coefficient (Wildman–Crippen LogP) is -2.97. The van der Waals surface area contributed by atoms with Crippen LogP contribution in [0.3, 0.4) is 0 Å². The zero-order valence-electron chi connectivity index (χ0n) is 3.36. The monoisotopic (exact) mass is 83.0 g/mol. The molecule has 0 radical (unpaired) electrons. The van der Waals surface area contributed by atoms with E-state index in [2.05, 4.69) is 0 Å². The third-order valence-electron chi connectivity index (χ3n) is 0.112. The molecule has 0 aromatic carbocycles. The topological polar surface area (TPSA) is 44.0 Å². The number of nitrogens with one attached hydrogen (secondary N) is 1. The third-order valence-corrected chi connectivity index (χ3v) is 0.112. The minimum absolute atomic E-state index is 0. The SMILES string of the molecule is [NH-]CCO.[Na+]. The van der Waals surface area contributed by atoms with Crippen LogP contribution in [-0.2, 0) is 0 Å². The first-order chi connectivity index (χ1) is 1.91. The predicted molar refractivity (Wildman–Crippen MR) is 16.3 cm³/mol. The van der Waals surface area contributed by atoms with Crippen molar-refractivity contribution in [2.24, 2.45) is 0 Å². The van der Waals surface area contributed by atoms with Crippen LogP contribution in [0.2, 0.25) is 0 Å². The fraction of sp³-hybridized carbons (Fsp3) is 1.00. The number of rotatable bonds is 1. The molecule has 2 N–H and O–H groups in total. The molecule has 0 aliphatic rings. The quantitative estimate of drug-likeness (QED) is 0.338. The van der Waals surface area contributed by atoms with Gasteiger partial charge in [0.1, 0.15) is 0 Å². The maximum atomic E-state index is 7.69. The van der Waals surface area contributed by atoms with Crippen molar-refractivity contribution >= 4 is 0 Å². The van der Waals surface area contributed by atoms with Crippen molar-refractivity contribution in [1.82, 2.24) is 0 Å². The fourth-order valence-electron chi connectivity index (χ4n) is 0. The molecular formula is C2H6NNaO. The van der Waals surface area contributed by atoms with Crippen LogP contribution in [0.1, 0.15) is 0 Å². The van der Waals surface area contributed by atoms with Crippen molar-refractivity contribution in [3.8, 4) is 0 Å². The molecule has 0 heterocycles. The van der Waals surface area contributed by atoms with Crippen LogP contribution >= 0.6 is 0 Å². The van der Waals surface area contributed by atoms with Crippen LogP contribution in [0.5, 0.6) is 0 Å². The minimum atomic E-state index is -0.0139. The molecule has 0 aliphatic heterocycles. The Bertz CT molecular complexity index is 11.6. The average Bonchev–Trinajstić information content (AvgIpc) is 1.37. The fourth-order valence-corrected chi connectivity index (χ4v) is 0. The summed E-state index contributed by atoms with van der Waals surface area (Å²) in [7, 11) is 0. The molecule has 0 aromatic heterocycles. The van der Waals surface area contributed by atoms with Gasteiger partial charge in [-0.3, -0.25) is 0 Å². The zero-order valence-corrected chi connectivity index (χ0v) is 5.36. The molecular weight excluding hydrogens is 77.0 g/mol. The maximum absolute atomic E-state index is 7.69. The molecule has 0 unspecified atom stereocenters. The van der Waals surface area contributed by atoms with Crippen LogP contribution in [0.25, 0.3) is 5.73 Å². The minimum Gasteiger partial charge on any atom is -0.676 e. The number of hydrogen-bond donors (Lipinski definition) is 1. The Labute approximate surface area is 53.7 Å². The van der Waals surface area contributed by atoms with Crippen molar-refractivity contribution < 1.29 is 34.7 Å². The van der Waals surface area contributed by atoms with Gasteiger partial charge in [-0.05, 0) is 0 Å². The summed E-state index contributed by atoms with van der Waals surface area (Å²) in [5.74, 6) is 0. The molecule has 0 aliphatic carbocycles. The first-order valence-corrected chi connectivity index (χ1v) is 1.17. The van der Waals surface area contributed by atoms with Crippen LogP contribution in [-0.4, -0.2) is 18.3 Å². The van der Waals surface area contributed by atoms with Gasteiger partial charge in [0, 0.05) is 6.61 Å². The zero-order chi connectivity index (χ0) is 3.41. The Morgan fingerprint density at radius 3 is 1.80 bits per heavy atom. The third kappa shape index (κ3) is 11.4. The van der Waals surface area contributed by atoms with E-state index < -0.39 is 0 Å². The van der Waals surface area contributed by atoms with E-state index in [-0.39, 0.29) is 42.7 Å². The summed E-state index contributed by atoms with van der Waals surface area (Å²) in [5, 5.41) is 7.69. The van der Waals surface area contributed by atoms with Gasteiger partial charge in [-0.25, -0.2) is 0 Å². The van der Waals surface area contributed by atoms with Crippen molar-refractivity contribution in [2.45, 2.75) is 0 Å². The van der Waals surface area contributed by atoms with Gasteiger partial charge in [0.15, 0.2) is 0 Å². The standard InChI is InChI=1S/C2H6NO.Na/c3-1-2-4;/h3-4H,1-2H2;/q-1;+1. The van der Waals surface area contributed by atoms with E-state index >= 15 is 0 Å². The van der Waals surface area contributed by atoms with Crippen LogP contribution in [0.4, 0.5) is 0 Å². The van der Waals surface area contributed by atoms with Gasteiger partial charge in [0.05, 0.1) is 0 Å². The van der Waals surface area contributed by atoms with Crippen LogP contribution < -0.4 is 29.6 Å². The second kappa shape index (κ2) is 8.87. The second-order valence-electron chi connectivity index (χ2n) is 0.474. The molecule has 0 spiro atoms. The van der Waals surface area contributed by atoms with E-state index in [1.165, 1.54) is 0 Å². The van der Waals surface area contributed by atoms with Gasteiger partial charge in [0.2, 0.25) is 0 Å². The Morgan fingerprint density at radius 1 is 1.60 bits per heavy atom. The van der Waals surface area contributed by atoms with E-state index in [4.69, 9.17) is 10.8 Å². The maximum Gasteiger partial charge on any atom is 1.00 e. The Morgan fingerprint density at radius 2 is 1.80 bits per heavy atom. The summed E-state index contributed by atoms with van der Waals surface area (Å²) in [4.78, 5) is 0. The second-order valence-corrected chi connectivity index (χ2v) is 0.474. The molecule has 2 nitrogen and oxygen atoms in total. The van der Waals surface area contributed by atoms with Gasteiger partial charge >= 0.3 is 29.6 Å². The van der Waals surface area contributed by atoms with Gasteiger partial charge < -0.3 is 10.8 Å². The molecule has 0 aromatic rings. The van der Waals surface area contributed by atoms with Gasteiger partial charge in [0.25, 0.3) is 0 Å². The largest absolute Gasteiger partial charge is 1.00 e. The molecule has 5 heavy (non-hydrogen) atoms. The molecule has 3 heteroatoms. The summed E-state index contributed by atoms with van der Waals surface area (Å²) in [6.07, 6.45) is 0. The first-order valence-electron chi connectivity index (χ1n) is 1.17. The van der Waals surface area contributed by atoms with Crippen molar-refractivity contribution in [2.75, 3.05) is 13.2 Å². The van der Waals surface area contributed by atoms with E-state index in [0.29, 0.717) is 0 Å². The van der Waals surface area contributed by atoms with E-state index in [9.17, 15) is 0 Å². The van der Waals surface area contributed by atoms with Crippen molar-refractivity contribution in [3.63, 3.8) is 0 Å². The summed E-state index contributed by atoms with van der Waals surface area (Å²) >= 11 is 0. The van der Waals surface area contributed by atoms with Crippen LogP contribution in [0.15, 0.2) is 0 Å². The smallest absolute Gasteiger partial charge is 0.676 e. The summed E-state index contributed by atoms with van der Waals surface area (Å²) in [5.41, 5.74) is 6.20. The van der Waals surface area contributed by atoms with Gasteiger partial charge in [-0.2, -0.15) is 0 Å². The molecule has 0 amide bonds. The molecule has 0 bridgehead atoms. The van der Waals surface area contributed by atoms with E-state index in [0.717, 1.165) is 0 Å². The van der Waals surface area contributed by atoms with Gasteiger partial charge in [-0.15, -0.1) is 6.54 Å². The first kappa shape index (κ1) is 9.33. The molecule has 0 saturated carbocycles.